The molecule has 2 heteroatoms. The average molecular weight is 170 g/mol. The van der Waals surface area contributed by atoms with E-state index in [2.05, 4.69) is 0 Å². The van der Waals surface area contributed by atoms with Gasteiger partial charge in [-0.05, 0) is 29.9 Å². The normalized spacial score (nSPS) is 16.5. The van der Waals surface area contributed by atoms with Gasteiger partial charge in [0, 0.05) is 0 Å². The van der Waals surface area contributed by atoms with E-state index >= 15 is 0 Å². The molecule has 1 aromatic carbocycles. The molecule has 1 fully saturated rings. The van der Waals surface area contributed by atoms with Gasteiger partial charge in [-0.3, -0.25) is 0 Å². The first-order valence-electron chi connectivity index (χ1n) is 4.27. The largest absolute Gasteiger partial charge is 1.00 e. The summed E-state index contributed by atoms with van der Waals surface area (Å²) >= 11 is 0. The Morgan fingerprint density at radius 1 is 1.31 bits per heavy atom. The molecular formula is C11H12FLi. The molecule has 0 amide bonds. The minimum Gasteiger partial charge on any atom is -1.00 e. The third-order valence-corrected chi connectivity index (χ3v) is 2.24. The number of hydrogen-bond acceptors (Lipinski definition) is 0. The van der Waals surface area contributed by atoms with E-state index in [-0.39, 0.29) is 20.3 Å². The third kappa shape index (κ3) is 2.46. The number of halogens is 1. The second-order valence-corrected chi connectivity index (χ2v) is 3.20. The SMILES string of the molecule is FC=C(c1ccccc1)C1CC1.[H-].[Li+]. The molecule has 1 aromatic rings. The Hall–Kier alpha value is -0.513. The molecule has 0 N–H and O–H groups in total. The predicted octanol–water partition coefficient (Wildman–Crippen LogP) is 0.523. The van der Waals surface area contributed by atoms with E-state index in [1.54, 1.807) is 0 Å². The smallest absolute Gasteiger partial charge is 1.00 e. The van der Waals surface area contributed by atoms with Crippen LogP contribution >= 0.6 is 0 Å². The zero-order valence-electron chi connectivity index (χ0n) is 8.83. The van der Waals surface area contributed by atoms with Crippen molar-refractivity contribution in [2.24, 2.45) is 5.92 Å². The molecule has 1 aliphatic rings. The molecule has 0 unspecified atom stereocenters. The van der Waals surface area contributed by atoms with E-state index in [4.69, 9.17) is 0 Å². The Labute approximate surface area is 91.5 Å². The summed E-state index contributed by atoms with van der Waals surface area (Å²) in [7, 11) is 0. The summed E-state index contributed by atoms with van der Waals surface area (Å²) in [4.78, 5) is 0. The molecule has 13 heavy (non-hydrogen) atoms. The quantitative estimate of drug-likeness (QED) is 0.568. The molecule has 2 rings (SSSR count). The van der Waals surface area contributed by atoms with Gasteiger partial charge in [-0.2, -0.15) is 0 Å². The van der Waals surface area contributed by atoms with Crippen molar-refractivity contribution in [3.63, 3.8) is 0 Å². The number of rotatable bonds is 2. The molecule has 0 aliphatic heterocycles. The van der Waals surface area contributed by atoms with E-state index in [0.29, 0.717) is 5.92 Å². The van der Waals surface area contributed by atoms with Crippen LogP contribution in [0.1, 0.15) is 19.8 Å². The van der Waals surface area contributed by atoms with Crippen molar-refractivity contribution in [3.8, 4) is 0 Å². The van der Waals surface area contributed by atoms with Crippen LogP contribution in [0.25, 0.3) is 5.57 Å². The monoisotopic (exact) mass is 170 g/mol. The maximum Gasteiger partial charge on any atom is 1.00 e. The van der Waals surface area contributed by atoms with Gasteiger partial charge < -0.3 is 1.43 Å². The van der Waals surface area contributed by atoms with Crippen molar-refractivity contribution >= 4 is 5.57 Å². The van der Waals surface area contributed by atoms with Gasteiger partial charge in [0.2, 0.25) is 0 Å². The standard InChI is InChI=1S/C11H11F.Li.H/c12-8-11(10-6-7-10)9-4-2-1-3-5-9;;/h1-5,8,10H,6-7H2;;/q;+1;-1. The predicted molar refractivity (Wildman–Crippen MR) is 49.4 cm³/mol. The zero-order chi connectivity index (χ0) is 8.39. The first kappa shape index (κ1) is 10.6. The van der Waals surface area contributed by atoms with E-state index < -0.39 is 0 Å². The van der Waals surface area contributed by atoms with Gasteiger partial charge in [0.05, 0.1) is 6.33 Å². The Balaban J connectivity index is 0.000000845. The Bertz CT molecular complexity index is 293. The summed E-state index contributed by atoms with van der Waals surface area (Å²) in [6, 6.07) is 9.77. The molecule has 0 radical (unpaired) electrons. The fourth-order valence-corrected chi connectivity index (χ4v) is 1.41. The van der Waals surface area contributed by atoms with Gasteiger partial charge in [0.15, 0.2) is 0 Å². The van der Waals surface area contributed by atoms with Crippen LogP contribution in [0.15, 0.2) is 36.7 Å². The van der Waals surface area contributed by atoms with Gasteiger partial charge in [0.25, 0.3) is 0 Å². The third-order valence-electron chi connectivity index (χ3n) is 2.24. The zero-order valence-corrected chi connectivity index (χ0v) is 7.83. The van der Waals surface area contributed by atoms with Crippen molar-refractivity contribution in [1.29, 1.82) is 0 Å². The van der Waals surface area contributed by atoms with E-state index in [1.165, 1.54) is 0 Å². The summed E-state index contributed by atoms with van der Waals surface area (Å²) in [6.45, 7) is 0. The molecule has 0 spiro atoms. The van der Waals surface area contributed by atoms with Crippen LogP contribution in [0.5, 0.6) is 0 Å². The van der Waals surface area contributed by atoms with E-state index in [1.807, 2.05) is 30.3 Å². The van der Waals surface area contributed by atoms with Crippen LogP contribution in [0.2, 0.25) is 0 Å². The van der Waals surface area contributed by atoms with Crippen molar-refractivity contribution in [2.45, 2.75) is 12.8 Å². The van der Waals surface area contributed by atoms with Crippen molar-refractivity contribution in [2.75, 3.05) is 0 Å². The minimum atomic E-state index is 0. The maximum atomic E-state index is 12.5. The van der Waals surface area contributed by atoms with Crippen molar-refractivity contribution in [3.05, 3.63) is 42.2 Å². The van der Waals surface area contributed by atoms with E-state index in [9.17, 15) is 4.39 Å². The van der Waals surface area contributed by atoms with E-state index in [0.717, 1.165) is 30.3 Å². The Morgan fingerprint density at radius 2 is 1.92 bits per heavy atom. The average Bonchev–Trinajstić information content (AvgIpc) is 2.92. The topological polar surface area (TPSA) is 0 Å². The number of allylic oxidation sites excluding steroid dienone is 1. The van der Waals surface area contributed by atoms with Crippen LogP contribution in [-0.4, -0.2) is 0 Å². The number of hydrogen-bond donors (Lipinski definition) is 0. The molecule has 0 saturated heterocycles. The van der Waals surface area contributed by atoms with Gasteiger partial charge >= 0.3 is 18.9 Å². The molecule has 0 nitrogen and oxygen atoms in total. The van der Waals surface area contributed by atoms with Gasteiger partial charge in [0.1, 0.15) is 0 Å². The molecule has 1 saturated carbocycles. The molecule has 64 valence electrons. The molecule has 0 aromatic heterocycles. The van der Waals surface area contributed by atoms with Gasteiger partial charge in [-0.1, -0.05) is 30.3 Å². The van der Waals surface area contributed by atoms with Crippen LogP contribution in [0, 0.1) is 5.92 Å². The van der Waals surface area contributed by atoms with Crippen molar-refractivity contribution in [1.82, 2.24) is 0 Å². The summed E-state index contributed by atoms with van der Waals surface area (Å²) < 4.78 is 12.5. The van der Waals surface area contributed by atoms with Gasteiger partial charge in [-0.15, -0.1) is 0 Å². The molecule has 1 aliphatic carbocycles. The summed E-state index contributed by atoms with van der Waals surface area (Å²) in [5, 5.41) is 0. The summed E-state index contributed by atoms with van der Waals surface area (Å²) in [6.07, 6.45) is 3.04. The first-order chi connectivity index (χ1) is 5.92. The van der Waals surface area contributed by atoms with Crippen LogP contribution in [0.3, 0.4) is 0 Å². The van der Waals surface area contributed by atoms with Crippen LogP contribution in [0.4, 0.5) is 4.39 Å². The molecule has 0 atom stereocenters. The van der Waals surface area contributed by atoms with Gasteiger partial charge in [-0.25, -0.2) is 4.39 Å². The minimum absolute atomic E-state index is 0. The van der Waals surface area contributed by atoms with Crippen molar-refractivity contribution < 1.29 is 24.7 Å². The summed E-state index contributed by atoms with van der Waals surface area (Å²) in [5.74, 6) is 0.484. The van der Waals surface area contributed by atoms with Crippen LogP contribution in [-0.2, 0) is 0 Å². The Morgan fingerprint density at radius 3 is 2.38 bits per heavy atom. The second kappa shape index (κ2) is 4.65. The Kier molecular flexibility index (Phi) is 3.78. The first-order valence-corrected chi connectivity index (χ1v) is 4.27. The maximum absolute atomic E-state index is 12.5. The summed E-state index contributed by atoms with van der Waals surface area (Å²) in [5.41, 5.74) is 1.90. The molecule has 0 bridgehead atoms. The molecular weight excluding hydrogens is 158 g/mol. The number of benzene rings is 1. The second-order valence-electron chi connectivity index (χ2n) is 3.20. The fraction of sp³-hybridized carbons (Fsp3) is 0.273. The molecule has 0 heterocycles. The fourth-order valence-electron chi connectivity index (χ4n) is 1.41. The van der Waals surface area contributed by atoms with Crippen LogP contribution < -0.4 is 18.9 Å².